The minimum Gasteiger partial charge on any atom is -0.323 e. The Kier molecular flexibility index (Phi) is 5.21. The third-order valence-electron chi connectivity index (χ3n) is 4.71. The lowest BCUT2D eigenvalue weighted by atomic mass is 9.90. The average molecular weight is 307 g/mol. The van der Waals surface area contributed by atoms with Crippen molar-refractivity contribution in [3.63, 3.8) is 0 Å². The molecule has 1 aromatic heterocycles. The summed E-state index contributed by atoms with van der Waals surface area (Å²) in [6.45, 7) is 5.92. The van der Waals surface area contributed by atoms with Crippen molar-refractivity contribution in [3.05, 3.63) is 67.0 Å². The Morgan fingerprint density at radius 3 is 2.91 bits per heavy atom. The molecule has 1 saturated heterocycles. The van der Waals surface area contributed by atoms with Gasteiger partial charge in [-0.2, -0.15) is 0 Å². The molecule has 3 rings (SSSR count). The maximum absolute atomic E-state index is 6.65. The molecule has 1 fully saturated rings. The highest BCUT2D eigenvalue weighted by Gasteiger charge is 2.27. The first kappa shape index (κ1) is 15.9. The Bertz CT molecular complexity index is 638. The summed E-state index contributed by atoms with van der Waals surface area (Å²) >= 11 is 0. The summed E-state index contributed by atoms with van der Waals surface area (Å²) in [5.41, 5.74) is 10.2. The quantitative estimate of drug-likeness (QED) is 0.855. The molecule has 120 valence electrons. The standard InChI is InChI=1S/C20H25N3/c1-2-12-23-13-4-3-10-19(23)20(21)17-8-5-7-16(14-17)18-9-6-11-22-15-18/h2,5-9,11,14-15,19-20H,1,3-4,10,12-13,21H2/t19-,20?/m0/s1. The number of aromatic nitrogens is 1. The van der Waals surface area contributed by atoms with Crippen molar-refractivity contribution in [2.24, 2.45) is 5.73 Å². The van der Waals surface area contributed by atoms with E-state index >= 15 is 0 Å². The molecule has 0 radical (unpaired) electrons. The van der Waals surface area contributed by atoms with Crippen molar-refractivity contribution in [1.29, 1.82) is 0 Å². The highest BCUT2D eigenvalue weighted by atomic mass is 15.2. The first-order chi connectivity index (χ1) is 11.3. The Morgan fingerprint density at radius 1 is 1.26 bits per heavy atom. The number of piperidine rings is 1. The molecule has 2 atom stereocenters. The second-order valence-electron chi connectivity index (χ2n) is 6.24. The number of rotatable bonds is 5. The lowest BCUT2D eigenvalue weighted by molar-refractivity contribution is 0.141. The maximum atomic E-state index is 6.65. The summed E-state index contributed by atoms with van der Waals surface area (Å²) in [5.74, 6) is 0. The van der Waals surface area contributed by atoms with Gasteiger partial charge >= 0.3 is 0 Å². The molecule has 1 unspecified atom stereocenters. The van der Waals surface area contributed by atoms with Gasteiger partial charge in [-0.05, 0) is 48.2 Å². The van der Waals surface area contributed by atoms with Crippen LogP contribution >= 0.6 is 0 Å². The minimum atomic E-state index is 0.0341. The van der Waals surface area contributed by atoms with Gasteiger partial charge in [0.15, 0.2) is 0 Å². The number of benzene rings is 1. The first-order valence-electron chi connectivity index (χ1n) is 8.40. The van der Waals surface area contributed by atoms with Crippen molar-refractivity contribution >= 4 is 0 Å². The van der Waals surface area contributed by atoms with Gasteiger partial charge in [0, 0.05) is 31.0 Å². The maximum Gasteiger partial charge on any atom is 0.0453 e. The molecule has 3 heteroatoms. The molecule has 1 aromatic carbocycles. The summed E-state index contributed by atoms with van der Waals surface area (Å²) in [6, 6.07) is 13.1. The van der Waals surface area contributed by atoms with Crippen LogP contribution in [0.15, 0.2) is 61.4 Å². The van der Waals surface area contributed by atoms with E-state index in [4.69, 9.17) is 5.73 Å². The van der Waals surface area contributed by atoms with Crippen LogP contribution in [0.25, 0.3) is 11.1 Å². The Balaban J connectivity index is 1.84. The third-order valence-corrected chi connectivity index (χ3v) is 4.71. The van der Waals surface area contributed by atoms with E-state index in [-0.39, 0.29) is 6.04 Å². The second kappa shape index (κ2) is 7.53. The lowest BCUT2D eigenvalue weighted by Gasteiger charge is -2.38. The lowest BCUT2D eigenvalue weighted by Crippen LogP contribution is -2.45. The number of pyridine rings is 1. The molecule has 23 heavy (non-hydrogen) atoms. The van der Waals surface area contributed by atoms with Gasteiger partial charge < -0.3 is 5.73 Å². The van der Waals surface area contributed by atoms with E-state index in [0.29, 0.717) is 6.04 Å². The molecule has 0 amide bonds. The average Bonchev–Trinajstić information content (AvgIpc) is 2.63. The smallest absolute Gasteiger partial charge is 0.0453 e. The molecular weight excluding hydrogens is 282 g/mol. The first-order valence-corrected chi connectivity index (χ1v) is 8.40. The fourth-order valence-corrected chi connectivity index (χ4v) is 3.50. The number of nitrogens with two attached hydrogens (primary N) is 1. The summed E-state index contributed by atoms with van der Waals surface area (Å²) < 4.78 is 0. The van der Waals surface area contributed by atoms with Gasteiger partial charge in [0.25, 0.3) is 0 Å². The minimum absolute atomic E-state index is 0.0341. The highest BCUT2D eigenvalue weighted by molar-refractivity contribution is 5.63. The molecule has 0 bridgehead atoms. The predicted octanol–water partition coefficient (Wildman–Crippen LogP) is 3.79. The van der Waals surface area contributed by atoms with Gasteiger partial charge in [0.2, 0.25) is 0 Å². The number of hydrogen-bond acceptors (Lipinski definition) is 3. The topological polar surface area (TPSA) is 42.1 Å². The fraction of sp³-hybridized carbons (Fsp3) is 0.350. The summed E-state index contributed by atoms with van der Waals surface area (Å²) in [6.07, 6.45) is 9.36. The van der Waals surface area contributed by atoms with Crippen molar-refractivity contribution < 1.29 is 0 Å². The van der Waals surface area contributed by atoms with Gasteiger partial charge in [-0.15, -0.1) is 6.58 Å². The number of likely N-dealkylation sites (tertiary alicyclic amines) is 1. The van der Waals surface area contributed by atoms with E-state index in [0.717, 1.165) is 25.1 Å². The Morgan fingerprint density at radius 2 is 2.13 bits per heavy atom. The summed E-state index contributed by atoms with van der Waals surface area (Å²) in [7, 11) is 0. The van der Waals surface area contributed by atoms with Gasteiger partial charge in [0.1, 0.15) is 0 Å². The number of nitrogens with zero attached hydrogens (tertiary/aromatic N) is 2. The van der Waals surface area contributed by atoms with Crippen molar-refractivity contribution in [2.45, 2.75) is 31.3 Å². The van der Waals surface area contributed by atoms with Crippen LogP contribution in [-0.4, -0.2) is 29.0 Å². The van der Waals surface area contributed by atoms with Gasteiger partial charge in [0.05, 0.1) is 0 Å². The molecule has 2 heterocycles. The van der Waals surface area contributed by atoms with Gasteiger partial charge in [-0.25, -0.2) is 0 Å². The van der Waals surface area contributed by atoms with E-state index in [1.54, 1.807) is 6.20 Å². The van der Waals surface area contributed by atoms with Crippen molar-refractivity contribution in [2.75, 3.05) is 13.1 Å². The molecule has 0 spiro atoms. The summed E-state index contributed by atoms with van der Waals surface area (Å²) in [5, 5.41) is 0. The zero-order chi connectivity index (χ0) is 16.1. The monoisotopic (exact) mass is 307 g/mol. The van der Waals surface area contributed by atoms with Crippen LogP contribution in [0.5, 0.6) is 0 Å². The third kappa shape index (κ3) is 3.69. The summed E-state index contributed by atoms with van der Waals surface area (Å²) in [4.78, 5) is 6.68. The molecule has 1 aliphatic heterocycles. The molecule has 2 aromatic rings. The zero-order valence-corrected chi connectivity index (χ0v) is 13.6. The van der Waals surface area contributed by atoms with Crippen LogP contribution in [0.4, 0.5) is 0 Å². The van der Waals surface area contributed by atoms with Crippen molar-refractivity contribution in [1.82, 2.24) is 9.88 Å². The fourth-order valence-electron chi connectivity index (χ4n) is 3.50. The normalized spacial score (nSPS) is 20.1. The SMILES string of the molecule is C=CCN1CCCC[C@H]1C(N)c1cccc(-c2cccnc2)c1. The second-order valence-corrected chi connectivity index (χ2v) is 6.24. The largest absolute Gasteiger partial charge is 0.323 e. The van der Waals surface area contributed by atoms with Crippen LogP contribution in [0.1, 0.15) is 30.9 Å². The van der Waals surface area contributed by atoms with E-state index in [9.17, 15) is 0 Å². The van der Waals surface area contributed by atoms with E-state index < -0.39 is 0 Å². The Hall–Kier alpha value is -1.97. The van der Waals surface area contributed by atoms with Crippen LogP contribution in [0, 0.1) is 0 Å². The van der Waals surface area contributed by atoms with Crippen LogP contribution in [-0.2, 0) is 0 Å². The Labute approximate surface area is 138 Å². The molecule has 2 N–H and O–H groups in total. The predicted molar refractivity (Wildman–Crippen MR) is 96.0 cm³/mol. The molecule has 0 aliphatic carbocycles. The van der Waals surface area contributed by atoms with Crippen LogP contribution in [0.2, 0.25) is 0 Å². The highest BCUT2D eigenvalue weighted by Crippen LogP contribution is 2.29. The molecule has 0 saturated carbocycles. The van der Waals surface area contributed by atoms with Crippen LogP contribution < -0.4 is 5.73 Å². The number of hydrogen-bond donors (Lipinski definition) is 1. The van der Waals surface area contributed by atoms with Crippen molar-refractivity contribution in [3.8, 4) is 11.1 Å². The molecule has 3 nitrogen and oxygen atoms in total. The molecular formula is C20H25N3. The van der Waals surface area contributed by atoms with E-state index in [1.807, 2.05) is 18.3 Å². The van der Waals surface area contributed by atoms with Gasteiger partial charge in [-0.1, -0.05) is 36.8 Å². The molecule has 1 aliphatic rings. The van der Waals surface area contributed by atoms with E-state index in [2.05, 4.69) is 46.8 Å². The van der Waals surface area contributed by atoms with E-state index in [1.165, 1.54) is 24.0 Å². The van der Waals surface area contributed by atoms with Crippen LogP contribution in [0.3, 0.4) is 0 Å². The van der Waals surface area contributed by atoms with Gasteiger partial charge in [-0.3, -0.25) is 9.88 Å². The zero-order valence-electron chi connectivity index (χ0n) is 13.6.